The summed E-state index contributed by atoms with van der Waals surface area (Å²) in [5.41, 5.74) is 11.6. The standard InChI is InChI=1S/C30H32FN7O3/c1-3-19-10-24(34-6-8-39-2)28-23(31)11-21(12-25(28)37-19)41-16-18-9-20(14-33-13-18)38-15-22(26-5-4-7-40-26)27-29(32)35-17-36-30(27)38/h9-15,17,26H,3-8,16H2,1-2H3,(H,34,37)(H2,32,35,36)/t26-/m1/s1. The van der Waals surface area contributed by atoms with Gasteiger partial charge in [0, 0.05) is 67.3 Å². The summed E-state index contributed by atoms with van der Waals surface area (Å²) in [5, 5.41) is 4.48. The molecule has 0 bridgehead atoms. The quantitative estimate of drug-likeness (QED) is 0.225. The van der Waals surface area contributed by atoms with Crippen LogP contribution in [0.15, 0.2) is 49.2 Å². The summed E-state index contributed by atoms with van der Waals surface area (Å²) >= 11 is 0. The first-order chi connectivity index (χ1) is 20.1. The van der Waals surface area contributed by atoms with E-state index >= 15 is 4.39 Å². The van der Waals surface area contributed by atoms with Gasteiger partial charge in [0.1, 0.15) is 36.0 Å². The number of anilines is 2. The fourth-order valence-corrected chi connectivity index (χ4v) is 5.27. The lowest BCUT2D eigenvalue weighted by atomic mass is 10.1. The Kier molecular flexibility index (Phi) is 7.62. The summed E-state index contributed by atoms with van der Waals surface area (Å²) in [6, 6.07) is 7.00. The highest BCUT2D eigenvalue weighted by atomic mass is 19.1. The molecule has 41 heavy (non-hydrogen) atoms. The number of pyridine rings is 2. The van der Waals surface area contributed by atoms with E-state index in [1.165, 1.54) is 12.4 Å². The molecule has 0 spiro atoms. The first kappa shape index (κ1) is 26.9. The molecule has 5 aromatic rings. The van der Waals surface area contributed by atoms with Crippen LogP contribution in [-0.2, 0) is 22.5 Å². The highest BCUT2D eigenvalue weighted by Crippen LogP contribution is 2.37. The molecule has 4 aromatic heterocycles. The van der Waals surface area contributed by atoms with E-state index in [9.17, 15) is 0 Å². The van der Waals surface area contributed by atoms with Crippen molar-refractivity contribution in [3.05, 3.63) is 71.8 Å². The second-order valence-corrected chi connectivity index (χ2v) is 9.99. The minimum absolute atomic E-state index is 0.0492. The van der Waals surface area contributed by atoms with Gasteiger partial charge in [-0.15, -0.1) is 0 Å². The molecule has 1 aliphatic rings. The average molecular weight is 558 g/mol. The van der Waals surface area contributed by atoms with Crippen molar-refractivity contribution in [3.63, 3.8) is 0 Å². The summed E-state index contributed by atoms with van der Waals surface area (Å²) in [7, 11) is 1.63. The van der Waals surface area contributed by atoms with Gasteiger partial charge in [-0.05, 0) is 31.4 Å². The zero-order valence-corrected chi connectivity index (χ0v) is 23.1. The summed E-state index contributed by atoms with van der Waals surface area (Å²) in [5.74, 6) is 0.399. The molecule has 0 radical (unpaired) electrons. The third-order valence-electron chi connectivity index (χ3n) is 7.25. The number of halogens is 1. The lowest BCUT2D eigenvalue weighted by Crippen LogP contribution is -2.09. The normalized spacial score (nSPS) is 15.1. The van der Waals surface area contributed by atoms with Crippen molar-refractivity contribution in [3.8, 4) is 11.4 Å². The number of nitrogens with zero attached hydrogens (tertiary/aromatic N) is 5. The molecule has 1 fully saturated rings. The largest absolute Gasteiger partial charge is 0.489 e. The maximum absolute atomic E-state index is 15.3. The second-order valence-electron chi connectivity index (χ2n) is 9.99. The third-order valence-corrected chi connectivity index (χ3v) is 7.25. The molecular weight excluding hydrogens is 525 g/mol. The van der Waals surface area contributed by atoms with E-state index in [0.717, 1.165) is 53.8 Å². The monoisotopic (exact) mass is 557 g/mol. The van der Waals surface area contributed by atoms with Crippen molar-refractivity contribution < 1.29 is 18.6 Å². The van der Waals surface area contributed by atoms with E-state index in [2.05, 4.69) is 25.3 Å². The number of aryl methyl sites for hydroxylation is 1. The average Bonchev–Trinajstić information content (AvgIpc) is 3.65. The van der Waals surface area contributed by atoms with Gasteiger partial charge in [0.25, 0.3) is 0 Å². The van der Waals surface area contributed by atoms with Crippen molar-refractivity contribution in [1.29, 1.82) is 0 Å². The van der Waals surface area contributed by atoms with Gasteiger partial charge < -0.3 is 25.3 Å². The van der Waals surface area contributed by atoms with Gasteiger partial charge in [0.15, 0.2) is 0 Å². The number of methoxy groups -OCH3 is 1. The molecule has 0 aliphatic carbocycles. The number of nitrogens with two attached hydrogens (primary N) is 1. The lowest BCUT2D eigenvalue weighted by Gasteiger charge is -2.14. The first-order valence-electron chi connectivity index (χ1n) is 13.7. The number of ether oxygens (including phenoxy) is 3. The summed E-state index contributed by atoms with van der Waals surface area (Å²) < 4.78 is 34.4. The number of fused-ring (bicyclic) bond motifs is 2. The highest BCUT2D eigenvalue weighted by molar-refractivity contribution is 5.93. The first-order valence-corrected chi connectivity index (χ1v) is 13.7. The second kappa shape index (κ2) is 11.6. The van der Waals surface area contributed by atoms with E-state index in [-0.39, 0.29) is 12.7 Å². The number of rotatable bonds is 10. The van der Waals surface area contributed by atoms with Crippen LogP contribution in [0, 0.1) is 5.82 Å². The van der Waals surface area contributed by atoms with E-state index in [1.807, 2.05) is 29.8 Å². The Morgan fingerprint density at radius 1 is 1.17 bits per heavy atom. The van der Waals surface area contributed by atoms with Crippen LogP contribution in [-0.4, -0.2) is 51.4 Å². The van der Waals surface area contributed by atoms with E-state index in [1.54, 1.807) is 25.6 Å². The Balaban J connectivity index is 1.28. The molecule has 1 saturated heterocycles. The molecule has 0 amide bonds. The van der Waals surface area contributed by atoms with Crippen LogP contribution in [0.25, 0.3) is 27.6 Å². The molecule has 1 aliphatic heterocycles. The minimum Gasteiger partial charge on any atom is -0.489 e. The van der Waals surface area contributed by atoms with Crippen molar-refractivity contribution >= 4 is 33.4 Å². The molecule has 5 heterocycles. The Morgan fingerprint density at radius 3 is 2.88 bits per heavy atom. The zero-order chi connectivity index (χ0) is 28.3. The molecule has 0 saturated carbocycles. The number of aromatic nitrogens is 5. The zero-order valence-electron chi connectivity index (χ0n) is 23.1. The van der Waals surface area contributed by atoms with Crippen LogP contribution < -0.4 is 15.8 Å². The smallest absolute Gasteiger partial charge is 0.150 e. The molecule has 1 atom stereocenters. The van der Waals surface area contributed by atoms with Crippen LogP contribution in [0.3, 0.4) is 0 Å². The predicted molar refractivity (Wildman–Crippen MR) is 155 cm³/mol. The molecule has 10 nitrogen and oxygen atoms in total. The lowest BCUT2D eigenvalue weighted by molar-refractivity contribution is 0.113. The fraction of sp³-hybridized carbons (Fsp3) is 0.333. The van der Waals surface area contributed by atoms with Crippen LogP contribution in [0.5, 0.6) is 5.75 Å². The maximum Gasteiger partial charge on any atom is 0.150 e. The third kappa shape index (κ3) is 5.38. The Labute approximate surface area is 236 Å². The van der Waals surface area contributed by atoms with Crippen LogP contribution in [0.4, 0.5) is 15.9 Å². The van der Waals surface area contributed by atoms with Crippen LogP contribution in [0.1, 0.15) is 42.7 Å². The van der Waals surface area contributed by atoms with E-state index < -0.39 is 5.82 Å². The molecule has 6 rings (SSSR count). The maximum atomic E-state index is 15.3. The molecular formula is C30H32FN7O3. The Bertz CT molecular complexity index is 1700. The van der Waals surface area contributed by atoms with Gasteiger partial charge in [-0.3, -0.25) is 14.5 Å². The SMILES string of the molecule is CCc1cc(NCCOC)c2c(F)cc(OCc3cncc(-n4cc([C@H]5CCCO5)c5c(N)ncnc54)c3)cc2n1. The molecule has 11 heteroatoms. The Morgan fingerprint density at radius 2 is 2.07 bits per heavy atom. The van der Waals surface area contributed by atoms with Crippen molar-refractivity contribution in [2.75, 3.05) is 37.9 Å². The van der Waals surface area contributed by atoms with Crippen molar-refractivity contribution in [2.24, 2.45) is 0 Å². The number of nitrogens with one attached hydrogen (secondary N) is 1. The van der Waals surface area contributed by atoms with E-state index in [4.69, 9.17) is 19.9 Å². The number of hydrogen-bond acceptors (Lipinski definition) is 9. The van der Waals surface area contributed by atoms with Crippen LogP contribution in [0.2, 0.25) is 0 Å². The molecule has 1 aromatic carbocycles. The van der Waals surface area contributed by atoms with Crippen LogP contribution >= 0.6 is 0 Å². The number of nitrogen functional groups attached to an aromatic ring is 1. The van der Waals surface area contributed by atoms with Gasteiger partial charge in [-0.25, -0.2) is 14.4 Å². The topological polar surface area (TPSA) is 122 Å². The van der Waals surface area contributed by atoms with Crippen molar-refractivity contribution in [2.45, 2.75) is 38.9 Å². The van der Waals surface area contributed by atoms with Gasteiger partial charge in [0.05, 0.1) is 40.9 Å². The van der Waals surface area contributed by atoms with Gasteiger partial charge in [-0.1, -0.05) is 6.92 Å². The predicted octanol–water partition coefficient (Wildman–Crippen LogP) is 5.14. The van der Waals surface area contributed by atoms with Crippen molar-refractivity contribution in [1.82, 2.24) is 24.5 Å². The number of benzene rings is 1. The van der Waals surface area contributed by atoms with Gasteiger partial charge >= 0.3 is 0 Å². The summed E-state index contributed by atoms with van der Waals surface area (Å²) in [6.45, 7) is 3.99. The highest BCUT2D eigenvalue weighted by Gasteiger charge is 2.25. The van der Waals surface area contributed by atoms with Gasteiger partial charge in [-0.2, -0.15) is 0 Å². The number of hydrogen-bond donors (Lipinski definition) is 2. The fourth-order valence-electron chi connectivity index (χ4n) is 5.27. The minimum atomic E-state index is -0.405. The summed E-state index contributed by atoms with van der Waals surface area (Å²) in [4.78, 5) is 17.8. The van der Waals surface area contributed by atoms with Gasteiger partial charge in [0.2, 0.25) is 0 Å². The Hall–Kier alpha value is -4.35. The van der Waals surface area contributed by atoms with E-state index in [0.29, 0.717) is 47.0 Å². The molecule has 212 valence electrons. The molecule has 3 N–H and O–H groups in total. The molecule has 0 unspecified atom stereocenters. The summed E-state index contributed by atoms with van der Waals surface area (Å²) in [6.07, 6.45) is 9.52.